The van der Waals surface area contributed by atoms with Crippen LogP contribution in [0.15, 0.2) is 53.4 Å². The monoisotopic (exact) mass is 291 g/mol. The maximum absolute atomic E-state index is 12.7. The topological polar surface area (TPSA) is 35.2 Å². The highest BCUT2D eigenvalue weighted by Gasteiger charge is 2.01. The molecule has 2 aromatic rings. The van der Waals surface area contributed by atoms with Gasteiger partial charge in [0.15, 0.2) is 0 Å². The molecule has 0 aliphatic heterocycles. The van der Waals surface area contributed by atoms with Crippen LogP contribution in [0.1, 0.15) is 12.0 Å². The molecule has 20 heavy (non-hydrogen) atoms. The van der Waals surface area contributed by atoms with Crippen LogP contribution < -0.4 is 10.5 Å². The standard InChI is InChI=1S/C16H18FNOS/c17-14-6-8-15(9-7-14)20-11-3-10-19-16-5-2-1-4-13(16)12-18/h1-2,4-9H,3,10-12,18H2. The molecule has 106 valence electrons. The number of para-hydroxylation sites is 1. The molecule has 0 saturated heterocycles. The number of nitrogens with two attached hydrogens (primary N) is 1. The van der Waals surface area contributed by atoms with Crippen molar-refractivity contribution in [3.8, 4) is 5.75 Å². The lowest BCUT2D eigenvalue weighted by atomic mass is 10.2. The van der Waals surface area contributed by atoms with Gasteiger partial charge in [-0.1, -0.05) is 18.2 Å². The van der Waals surface area contributed by atoms with Crippen LogP contribution in [-0.4, -0.2) is 12.4 Å². The minimum atomic E-state index is -0.198. The van der Waals surface area contributed by atoms with E-state index in [-0.39, 0.29) is 5.82 Å². The SMILES string of the molecule is NCc1ccccc1OCCCSc1ccc(F)cc1. The maximum Gasteiger partial charge on any atom is 0.123 e. The number of hydrogen-bond donors (Lipinski definition) is 1. The maximum atomic E-state index is 12.7. The van der Waals surface area contributed by atoms with Gasteiger partial charge in [0.1, 0.15) is 11.6 Å². The molecular weight excluding hydrogens is 273 g/mol. The van der Waals surface area contributed by atoms with E-state index in [1.54, 1.807) is 23.9 Å². The third kappa shape index (κ3) is 4.54. The lowest BCUT2D eigenvalue weighted by Gasteiger charge is -2.09. The molecule has 0 spiro atoms. The quantitative estimate of drug-likeness (QED) is 0.622. The summed E-state index contributed by atoms with van der Waals surface area (Å²) in [5, 5.41) is 0. The highest BCUT2D eigenvalue weighted by molar-refractivity contribution is 7.99. The van der Waals surface area contributed by atoms with Crippen LogP contribution >= 0.6 is 11.8 Å². The molecule has 0 fully saturated rings. The summed E-state index contributed by atoms with van der Waals surface area (Å²) < 4.78 is 18.5. The summed E-state index contributed by atoms with van der Waals surface area (Å²) in [5.41, 5.74) is 6.68. The van der Waals surface area contributed by atoms with Crippen molar-refractivity contribution in [1.29, 1.82) is 0 Å². The smallest absolute Gasteiger partial charge is 0.123 e. The van der Waals surface area contributed by atoms with Crippen molar-refractivity contribution in [2.24, 2.45) is 5.73 Å². The van der Waals surface area contributed by atoms with Gasteiger partial charge < -0.3 is 10.5 Å². The Morgan fingerprint density at radius 2 is 1.80 bits per heavy atom. The first-order chi connectivity index (χ1) is 9.79. The van der Waals surface area contributed by atoms with Crippen molar-refractivity contribution in [3.63, 3.8) is 0 Å². The van der Waals surface area contributed by atoms with Crippen LogP contribution in [0.4, 0.5) is 4.39 Å². The van der Waals surface area contributed by atoms with Crippen LogP contribution in [0.25, 0.3) is 0 Å². The minimum absolute atomic E-state index is 0.198. The lowest BCUT2D eigenvalue weighted by molar-refractivity contribution is 0.315. The molecule has 2 nitrogen and oxygen atoms in total. The van der Waals surface area contributed by atoms with E-state index in [0.717, 1.165) is 28.4 Å². The average molecular weight is 291 g/mol. The number of halogens is 1. The molecule has 0 amide bonds. The van der Waals surface area contributed by atoms with Gasteiger partial charge in [-0.15, -0.1) is 11.8 Å². The number of hydrogen-bond acceptors (Lipinski definition) is 3. The van der Waals surface area contributed by atoms with Crippen molar-refractivity contribution in [3.05, 3.63) is 59.9 Å². The number of thioether (sulfide) groups is 1. The Morgan fingerprint density at radius 3 is 2.55 bits per heavy atom. The Hall–Kier alpha value is -1.52. The van der Waals surface area contributed by atoms with E-state index >= 15 is 0 Å². The summed E-state index contributed by atoms with van der Waals surface area (Å²) in [7, 11) is 0. The minimum Gasteiger partial charge on any atom is -0.493 e. The second-order valence-corrected chi connectivity index (χ2v) is 5.48. The molecule has 0 saturated carbocycles. The second-order valence-electron chi connectivity index (χ2n) is 4.32. The summed E-state index contributed by atoms with van der Waals surface area (Å²) in [6, 6.07) is 14.4. The van der Waals surface area contributed by atoms with E-state index in [2.05, 4.69) is 0 Å². The van der Waals surface area contributed by atoms with Gasteiger partial charge in [-0.2, -0.15) is 0 Å². The third-order valence-electron chi connectivity index (χ3n) is 2.82. The second kappa shape index (κ2) is 7.92. The molecule has 0 aliphatic rings. The van der Waals surface area contributed by atoms with E-state index in [0.29, 0.717) is 13.2 Å². The molecule has 0 aliphatic carbocycles. The normalized spacial score (nSPS) is 10.5. The fourth-order valence-electron chi connectivity index (χ4n) is 1.78. The molecule has 0 heterocycles. The molecular formula is C16H18FNOS. The van der Waals surface area contributed by atoms with Gasteiger partial charge in [0.2, 0.25) is 0 Å². The summed E-state index contributed by atoms with van der Waals surface area (Å²) in [4.78, 5) is 1.08. The number of ether oxygens (including phenoxy) is 1. The fourth-order valence-corrected chi connectivity index (χ4v) is 2.60. The summed E-state index contributed by atoms with van der Waals surface area (Å²) >= 11 is 1.70. The van der Waals surface area contributed by atoms with Gasteiger partial charge in [0.25, 0.3) is 0 Å². The van der Waals surface area contributed by atoms with E-state index < -0.39 is 0 Å². The van der Waals surface area contributed by atoms with Crippen molar-refractivity contribution >= 4 is 11.8 Å². The fraction of sp³-hybridized carbons (Fsp3) is 0.250. The number of rotatable bonds is 7. The van der Waals surface area contributed by atoms with Gasteiger partial charge in [-0.05, 0) is 36.8 Å². The molecule has 0 unspecified atom stereocenters. The zero-order chi connectivity index (χ0) is 14.2. The Balaban J connectivity index is 1.70. The van der Waals surface area contributed by atoms with Crippen molar-refractivity contribution < 1.29 is 9.13 Å². The van der Waals surface area contributed by atoms with Gasteiger partial charge in [0, 0.05) is 22.8 Å². The van der Waals surface area contributed by atoms with E-state index in [1.807, 2.05) is 24.3 Å². The van der Waals surface area contributed by atoms with E-state index in [4.69, 9.17) is 10.5 Å². The number of benzene rings is 2. The van der Waals surface area contributed by atoms with Crippen molar-refractivity contribution in [2.45, 2.75) is 17.9 Å². The molecule has 4 heteroatoms. The first-order valence-corrected chi connectivity index (χ1v) is 7.57. The third-order valence-corrected chi connectivity index (χ3v) is 3.92. The molecule has 0 bridgehead atoms. The molecule has 0 atom stereocenters. The zero-order valence-electron chi connectivity index (χ0n) is 11.2. The summed E-state index contributed by atoms with van der Waals surface area (Å²) in [6.45, 7) is 1.14. The first-order valence-electron chi connectivity index (χ1n) is 6.59. The highest BCUT2D eigenvalue weighted by atomic mass is 32.2. The average Bonchev–Trinajstić information content (AvgIpc) is 2.49. The van der Waals surface area contributed by atoms with Crippen LogP contribution in [0, 0.1) is 5.82 Å². The van der Waals surface area contributed by atoms with Crippen LogP contribution in [0.3, 0.4) is 0 Å². The highest BCUT2D eigenvalue weighted by Crippen LogP contribution is 2.20. The van der Waals surface area contributed by atoms with Crippen molar-refractivity contribution in [2.75, 3.05) is 12.4 Å². The van der Waals surface area contributed by atoms with Crippen molar-refractivity contribution in [1.82, 2.24) is 0 Å². The van der Waals surface area contributed by atoms with E-state index in [9.17, 15) is 4.39 Å². The Labute approximate surface area is 123 Å². The largest absolute Gasteiger partial charge is 0.493 e. The van der Waals surface area contributed by atoms with Crippen LogP contribution in [0.2, 0.25) is 0 Å². The molecule has 0 radical (unpaired) electrons. The Kier molecular flexibility index (Phi) is 5.89. The first kappa shape index (κ1) is 14.9. The molecule has 2 aromatic carbocycles. The van der Waals surface area contributed by atoms with Gasteiger partial charge in [0.05, 0.1) is 6.61 Å². The van der Waals surface area contributed by atoms with Crippen LogP contribution in [0.5, 0.6) is 5.75 Å². The predicted octanol–water partition coefficient (Wildman–Crippen LogP) is 3.85. The molecule has 2 N–H and O–H groups in total. The Morgan fingerprint density at radius 1 is 1.05 bits per heavy atom. The van der Waals surface area contributed by atoms with Gasteiger partial charge in [-0.25, -0.2) is 4.39 Å². The molecule has 0 aromatic heterocycles. The lowest BCUT2D eigenvalue weighted by Crippen LogP contribution is -2.04. The van der Waals surface area contributed by atoms with E-state index in [1.165, 1.54) is 12.1 Å². The van der Waals surface area contributed by atoms with Gasteiger partial charge in [-0.3, -0.25) is 0 Å². The summed E-state index contributed by atoms with van der Waals surface area (Å²) in [5.74, 6) is 1.61. The zero-order valence-corrected chi connectivity index (χ0v) is 12.0. The van der Waals surface area contributed by atoms with Gasteiger partial charge >= 0.3 is 0 Å². The predicted molar refractivity (Wildman–Crippen MR) is 81.6 cm³/mol. The Bertz CT molecular complexity index is 530. The molecule has 2 rings (SSSR count). The summed E-state index contributed by atoms with van der Waals surface area (Å²) in [6.07, 6.45) is 0.931. The van der Waals surface area contributed by atoms with Crippen LogP contribution in [-0.2, 0) is 6.54 Å².